The Labute approximate surface area is 268 Å². The molecule has 0 radical (unpaired) electrons. The molecular formula is C46H30. The molecule has 0 nitrogen and oxygen atoms in total. The number of hydrogen-bond acceptors (Lipinski definition) is 0. The van der Waals surface area contributed by atoms with Crippen LogP contribution in [-0.2, 0) is 0 Å². The first-order chi connectivity index (χ1) is 22.8. The molecule has 0 atom stereocenters. The van der Waals surface area contributed by atoms with E-state index in [-0.39, 0.29) is 0 Å². The molecule has 0 heteroatoms. The molecule has 0 aromatic heterocycles. The monoisotopic (exact) mass is 582 g/mol. The zero-order chi connectivity index (χ0) is 30.5. The molecule has 9 aromatic rings. The Morgan fingerprint density at radius 3 is 1.35 bits per heavy atom. The van der Waals surface area contributed by atoms with Crippen molar-refractivity contribution in [1.29, 1.82) is 0 Å². The average Bonchev–Trinajstić information content (AvgIpc) is 3.14. The summed E-state index contributed by atoms with van der Waals surface area (Å²) in [7, 11) is 0. The second-order valence-corrected chi connectivity index (χ2v) is 12.1. The lowest BCUT2D eigenvalue weighted by Crippen LogP contribution is -1.92. The predicted octanol–water partition coefficient (Wildman–Crippen LogP) is 13.0. The van der Waals surface area contributed by atoms with Gasteiger partial charge in [0, 0.05) is 0 Å². The molecule has 0 fully saturated rings. The van der Waals surface area contributed by atoms with Crippen LogP contribution >= 0.6 is 0 Å². The van der Waals surface area contributed by atoms with Gasteiger partial charge in [-0.25, -0.2) is 0 Å². The third kappa shape index (κ3) is 4.30. The SMILES string of the molecule is c1ccc(-c2cccc(-c3c(-c4ccc(-c5cc6ccccc6c6ccccc56)cc4)c4ccccc4c4ccccc34)c2)cc1. The second kappa shape index (κ2) is 10.9. The number of hydrogen-bond donors (Lipinski definition) is 0. The van der Waals surface area contributed by atoms with E-state index in [0.717, 1.165) is 0 Å². The van der Waals surface area contributed by atoms with Crippen molar-refractivity contribution < 1.29 is 0 Å². The van der Waals surface area contributed by atoms with Gasteiger partial charge in [0.2, 0.25) is 0 Å². The van der Waals surface area contributed by atoms with Crippen LogP contribution in [0.25, 0.3) is 87.6 Å². The normalized spacial score (nSPS) is 11.5. The van der Waals surface area contributed by atoms with Crippen molar-refractivity contribution in [2.24, 2.45) is 0 Å². The summed E-state index contributed by atoms with van der Waals surface area (Å²) >= 11 is 0. The Kier molecular flexibility index (Phi) is 6.25. The molecule has 0 aliphatic heterocycles. The van der Waals surface area contributed by atoms with Crippen LogP contribution in [0.1, 0.15) is 0 Å². The van der Waals surface area contributed by atoms with Crippen molar-refractivity contribution in [3.05, 3.63) is 182 Å². The average molecular weight is 583 g/mol. The Morgan fingerprint density at radius 1 is 0.217 bits per heavy atom. The Hall–Kier alpha value is -5.98. The molecule has 0 bridgehead atoms. The van der Waals surface area contributed by atoms with Gasteiger partial charge in [0.1, 0.15) is 0 Å². The van der Waals surface area contributed by atoms with Gasteiger partial charge in [-0.2, -0.15) is 0 Å². The molecule has 0 unspecified atom stereocenters. The largest absolute Gasteiger partial charge is 0.0622 e. The molecule has 0 saturated heterocycles. The van der Waals surface area contributed by atoms with E-state index in [2.05, 4.69) is 182 Å². The highest BCUT2D eigenvalue weighted by atomic mass is 14.2. The van der Waals surface area contributed by atoms with Gasteiger partial charge in [0.15, 0.2) is 0 Å². The van der Waals surface area contributed by atoms with Crippen LogP contribution in [0.4, 0.5) is 0 Å². The minimum atomic E-state index is 1.22. The highest BCUT2D eigenvalue weighted by Crippen LogP contribution is 2.45. The lowest BCUT2D eigenvalue weighted by Gasteiger charge is -2.19. The third-order valence-electron chi connectivity index (χ3n) is 9.44. The highest BCUT2D eigenvalue weighted by molar-refractivity contribution is 6.22. The predicted molar refractivity (Wildman–Crippen MR) is 198 cm³/mol. The van der Waals surface area contributed by atoms with Crippen LogP contribution < -0.4 is 0 Å². The number of rotatable bonds is 4. The van der Waals surface area contributed by atoms with Crippen molar-refractivity contribution >= 4 is 43.1 Å². The standard InChI is InChI=1S/C46H30/c1-2-13-31(14-3-1)34-16-12-17-36(29-34)46-43-24-11-9-21-40(43)39-20-8-10-23-42(39)45(46)33-27-25-32(26-28-33)44-30-35-15-4-5-18-37(35)38-19-6-7-22-41(38)44/h1-30H. The lowest BCUT2D eigenvalue weighted by molar-refractivity contribution is 1.59. The summed E-state index contributed by atoms with van der Waals surface area (Å²) in [6, 6.07) is 66.5. The van der Waals surface area contributed by atoms with E-state index in [1.54, 1.807) is 0 Å². The van der Waals surface area contributed by atoms with Crippen molar-refractivity contribution in [1.82, 2.24) is 0 Å². The lowest BCUT2D eigenvalue weighted by atomic mass is 9.84. The van der Waals surface area contributed by atoms with Gasteiger partial charge in [-0.3, -0.25) is 0 Å². The summed E-state index contributed by atoms with van der Waals surface area (Å²) in [5, 5.41) is 10.2. The molecule has 0 N–H and O–H groups in total. The van der Waals surface area contributed by atoms with E-state index in [4.69, 9.17) is 0 Å². The topological polar surface area (TPSA) is 0 Å². The smallest absolute Gasteiger partial charge is 0.00201 e. The van der Waals surface area contributed by atoms with Crippen LogP contribution in [0.15, 0.2) is 182 Å². The van der Waals surface area contributed by atoms with Gasteiger partial charge < -0.3 is 0 Å². The quantitative estimate of drug-likeness (QED) is 0.181. The molecule has 0 amide bonds. The molecule has 214 valence electrons. The molecule has 9 aromatic carbocycles. The molecule has 9 rings (SSSR count). The van der Waals surface area contributed by atoms with E-state index >= 15 is 0 Å². The first kappa shape index (κ1) is 26.4. The van der Waals surface area contributed by atoms with Crippen molar-refractivity contribution in [2.45, 2.75) is 0 Å². The summed E-state index contributed by atoms with van der Waals surface area (Å²) in [4.78, 5) is 0. The van der Waals surface area contributed by atoms with E-state index in [9.17, 15) is 0 Å². The maximum atomic E-state index is 2.35. The molecule has 46 heavy (non-hydrogen) atoms. The molecule has 0 aliphatic carbocycles. The van der Waals surface area contributed by atoms with Crippen LogP contribution in [0.3, 0.4) is 0 Å². The van der Waals surface area contributed by atoms with Crippen molar-refractivity contribution in [3.8, 4) is 44.5 Å². The Balaban J connectivity index is 1.29. The third-order valence-corrected chi connectivity index (χ3v) is 9.44. The first-order valence-electron chi connectivity index (χ1n) is 15.9. The van der Waals surface area contributed by atoms with Gasteiger partial charge in [-0.05, 0) is 99.7 Å². The van der Waals surface area contributed by atoms with Crippen molar-refractivity contribution in [2.75, 3.05) is 0 Å². The fourth-order valence-corrected chi connectivity index (χ4v) is 7.34. The summed E-state index contributed by atoms with van der Waals surface area (Å²) in [6.07, 6.45) is 0. The summed E-state index contributed by atoms with van der Waals surface area (Å²) in [5.41, 5.74) is 9.93. The maximum absolute atomic E-state index is 2.35. The molecule has 0 spiro atoms. The van der Waals surface area contributed by atoms with E-state index < -0.39 is 0 Å². The molecule has 0 heterocycles. The summed E-state index contributed by atoms with van der Waals surface area (Å²) in [6.45, 7) is 0. The van der Waals surface area contributed by atoms with E-state index in [0.29, 0.717) is 0 Å². The van der Waals surface area contributed by atoms with Crippen LogP contribution in [0.2, 0.25) is 0 Å². The van der Waals surface area contributed by atoms with Crippen LogP contribution in [-0.4, -0.2) is 0 Å². The van der Waals surface area contributed by atoms with Gasteiger partial charge in [0.25, 0.3) is 0 Å². The zero-order valence-electron chi connectivity index (χ0n) is 25.3. The van der Waals surface area contributed by atoms with Gasteiger partial charge in [0.05, 0.1) is 0 Å². The van der Waals surface area contributed by atoms with Gasteiger partial charge in [-0.15, -0.1) is 0 Å². The minimum absolute atomic E-state index is 1.22. The Bertz CT molecular complexity index is 2560. The fraction of sp³-hybridized carbons (Fsp3) is 0. The van der Waals surface area contributed by atoms with Crippen molar-refractivity contribution in [3.63, 3.8) is 0 Å². The maximum Gasteiger partial charge on any atom is -0.00201 e. The molecule has 0 saturated carbocycles. The number of benzene rings is 9. The Morgan fingerprint density at radius 2 is 0.674 bits per heavy atom. The second-order valence-electron chi connectivity index (χ2n) is 12.1. The fourth-order valence-electron chi connectivity index (χ4n) is 7.34. The first-order valence-corrected chi connectivity index (χ1v) is 15.9. The van der Waals surface area contributed by atoms with Gasteiger partial charge >= 0.3 is 0 Å². The molecular weight excluding hydrogens is 553 g/mol. The van der Waals surface area contributed by atoms with Crippen LogP contribution in [0, 0.1) is 0 Å². The van der Waals surface area contributed by atoms with E-state index in [1.165, 1.54) is 87.6 Å². The van der Waals surface area contributed by atoms with Crippen LogP contribution in [0.5, 0.6) is 0 Å². The highest BCUT2D eigenvalue weighted by Gasteiger charge is 2.18. The van der Waals surface area contributed by atoms with Gasteiger partial charge in [-0.1, -0.05) is 170 Å². The van der Waals surface area contributed by atoms with E-state index in [1.807, 2.05) is 0 Å². The zero-order valence-corrected chi connectivity index (χ0v) is 25.3. The summed E-state index contributed by atoms with van der Waals surface area (Å²) < 4.78 is 0. The summed E-state index contributed by atoms with van der Waals surface area (Å²) in [5.74, 6) is 0. The molecule has 0 aliphatic rings. The number of fused-ring (bicyclic) bond motifs is 6. The minimum Gasteiger partial charge on any atom is -0.0622 e.